The molecule has 0 aliphatic heterocycles. The first-order valence-corrected chi connectivity index (χ1v) is 12.8. The van der Waals surface area contributed by atoms with Crippen molar-refractivity contribution in [3.05, 3.63) is 95.3 Å². The summed E-state index contributed by atoms with van der Waals surface area (Å²) in [7, 11) is 0. The average Bonchev–Trinajstić information content (AvgIpc) is 2.90. The van der Waals surface area contributed by atoms with Gasteiger partial charge in [-0.3, -0.25) is 15.0 Å². The number of carbonyl (C=O) groups excluding carboxylic acids is 3. The molecule has 39 heavy (non-hydrogen) atoms. The van der Waals surface area contributed by atoms with E-state index in [-0.39, 0.29) is 12.0 Å². The predicted octanol–water partition coefficient (Wildman–Crippen LogP) is 3.78. The molecule has 0 fully saturated rings. The minimum absolute atomic E-state index is 0.175. The van der Waals surface area contributed by atoms with Gasteiger partial charge in [-0.2, -0.15) is 0 Å². The topological polar surface area (TPSA) is 114 Å². The van der Waals surface area contributed by atoms with Crippen LogP contribution in [0.2, 0.25) is 0 Å². The highest BCUT2D eigenvalue weighted by atomic mass is 19.1. The van der Waals surface area contributed by atoms with Crippen LogP contribution in [0.4, 0.5) is 9.18 Å². The number of carbonyl (C=O) groups is 3. The van der Waals surface area contributed by atoms with Gasteiger partial charge >= 0.3 is 6.09 Å². The summed E-state index contributed by atoms with van der Waals surface area (Å²) in [5.74, 6) is -1.56. The molecule has 4 rings (SSSR count). The molecule has 2 unspecified atom stereocenters. The number of nitrogens with one attached hydrogen (secondary N) is 2. The van der Waals surface area contributed by atoms with E-state index < -0.39 is 41.4 Å². The normalized spacial score (nSPS) is 15.4. The van der Waals surface area contributed by atoms with Crippen molar-refractivity contribution in [1.82, 2.24) is 25.7 Å². The monoisotopic (exact) mass is 533 g/mol. The first-order chi connectivity index (χ1) is 18.6. The highest BCUT2D eigenvalue weighted by Crippen LogP contribution is 2.23. The number of hydrazine groups is 1. The third-order valence-corrected chi connectivity index (χ3v) is 6.25. The molecule has 9 nitrogen and oxygen atoms in total. The number of aromatic nitrogens is 2. The van der Waals surface area contributed by atoms with Crippen LogP contribution >= 0.6 is 0 Å². The van der Waals surface area contributed by atoms with Crippen LogP contribution in [-0.2, 0) is 28.8 Å². The number of benzene rings is 2. The van der Waals surface area contributed by atoms with Crippen LogP contribution in [0.1, 0.15) is 54.4 Å². The summed E-state index contributed by atoms with van der Waals surface area (Å²) in [5, 5.41) is 3.99. The highest BCUT2D eigenvalue weighted by molar-refractivity contribution is 5.96. The second-order valence-corrected chi connectivity index (χ2v) is 10.4. The molecule has 0 saturated carbocycles. The van der Waals surface area contributed by atoms with Crippen LogP contribution in [0.15, 0.2) is 67.1 Å². The predicted molar refractivity (Wildman–Crippen MR) is 142 cm³/mol. The Balaban J connectivity index is 1.64. The SMILES string of the molecule is CC(C)(C)OC(=O)NC(Cc1ccccc1)C(=O)N(NC(=O)c1ccc(F)cc1)C1CCc2ncncc2C1. The molecule has 204 valence electrons. The molecule has 2 N–H and O–H groups in total. The van der Waals surface area contributed by atoms with Crippen LogP contribution in [0.3, 0.4) is 0 Å². The molecular weight excluding hydrogens is 501 g/mol. The number of halogens is 1. The van der Waals surface area contributed by atoms with E-state index in [1.807, 2.05) is 30.3 Å². The zero-order valence-corrected chi connectivity index (χ0v) is 22.2. The average molecular weight is 534 g/mol. The van der Waals surface area contributed by atoms with Gasteiger partial charge in [0.25, 0.3) is 11.8 Å². The third kappa shape index (κ3) is 7.59. The molecule has 2 aromatic carbocycles. The summed E-state index contributed by atoms with van der Waals surface area (Å²) in [6, 6.07) is 12.8. The lowest BCUT2D eigenvalue weighted by Gasteiger charge is -2.37. The lowest BCUT2D eigenvalue weighted by Crippen LogP contribution is -2.60. The second-order valence-electron chi connectivity index (χ2n) is 10.4. The number of ether oxygens (including phenoxy) is 1. The van der Waals surface area contributed by atoms with Crippen molar-refractivity contribution in [3.8, 4) is 0 Å². The van der Waals surface area contributed by atoms with E-state index in [0.717, 1.165) is 16.8 Å². The van der Waals surface area contributed by atoms with Crippen molar-refractivity contribution in [3.63, 3.8) is 0 Å². The van der Waals surface area contributed by atoms with Gasteiger partial charge in [-0.25, -0.2) is 24.2 Å². The maximum atomic E-state index is 14.1. The van der Waals surface area contributed by atoms with E-state index in [1.54, 1.807) is 27.0 Å². The molecule has 2 atom stereocenters. The Morgan fingerprint density at radius 3 is 2.51 bits per heavy atom. The number of fused-ring (bicyclic) bond motifs is 1. The number of amides is 3. The molecule has 10 heteroatoms. The van der Waals surface area contributed by atoms with Gasteiger partial charge < -0.3 is 10.1 Å². The second kappa shape index (κ2) is 12.0. The number of aryl methyl sites for hydroxylation is 1. The van der Waals surface area contributed by atoms with Gasteiger partial charge in [0.15, 0.2) is 0 Å². The van der Waals surface area contributed by atoms with Crippen molar-refractivity contribution >= 4 is 17.9 Å². The summed E-state index contributed by atoms with van der Waals surface area (Å²) in [6.07, 6.45) is 4.15. The highest BCUT2D eigenvalue weighted by Gasteiger charge is 2.35. The van der Waals surface area contributed by atoms with Gasteiger partial charge in [0.05, 0.1) is 6.04 Å². The minimum atomic E-state index is -1.04. The maximum Gasteiger partial charge on any atom is 0.408 e. The van der Waals surface area contributed by atoms with Crippen molar-refractivity contribution in [2.75, 3.05) is 0 Å². The van der Waals surface area contributed by atoms with Crippen molar-refractivity contribution in [2.24, 2.45) is 0 Å². The summed E-state index contributed by atoms with van der Waals surface area (Å²) in [6.45, 7) is 5.20. The zero-order chi connectivity index (χ0) is 28.0. The van der Waals surface area contributed by atoms with Crippen LogP contribution < -0.4 is 10.7 Å². The van der Waals surface area contributed by atoms with Gasteiger partial charge in [0, 0.05) is 23.9 Å². The van der Waals surface area contributed by atoms with Gasteiger partial charge in [-0.15, -0.1) is 0 Å². The number of alkyl carbamates (subject to hydrolysis) is 1. The van der Waals surface area contributed by atoms with Gasteiger partial charge in [-0.1, -0.05) is 30.3 Å². The number of rotatable bonds is 6. The maximum absolute atomic E-state index is 14.1. The van der Waals surface area contributed by atoms with E-state index in [4.69, 9.17) is 4.74 Å². The molecule has 1 heterocycles. The van der Waals surface area contributed by atoms with Gasteiger partial charge in [0.2, 0.25) is 0 Å². The number of nitrogens with zero attached hydrogens (tertiary/aromatic N) is 3. The van der Waals surface area contributed by atoms with E-state index >= 15 is 0 Å². The first-order valence-electron chi connectivity index (χ1n) is 12.8. The standard InChI is InChI=1S/C29H32FN5O4/c1-29(2,3)39-28(38)33-25(15-19-7-5-4-6-8-19)27(37)35(34-26(36)20-9-11-22(30)12-10-20)23-13-14-24-21(16-23)17-31-18-32-24/h4-12,17-18,23,25H,13-16H2,1-3H3,(H,33,38)(H,34,36). The Morgan fingerprint density at radius 1 is 1.10 bits per heavy atom. The third-order valence-electron chi connectivity index (χ3n) is 6.25. The molecule has 3 amide bonds. The summed E-state index contributed by atoms with van der Waals surface area (Å²) in [4.78, 5) is 48.5. The quantitative estimate of drug-likeness (QED) is 0.466. The first kappa shape index (κ1) is 27.7. The molecule has 1 aliphatic carbocycles. The molecule has 0 saturated heterocycles. The van der Waals surface area contributed by atoms with Crippen LogP contribution in [0.25, 0.3) is 0 Å². The summed E-state index contributed by atoms with van der Waals surface area (Å²) < 4.78 is 18.9. The zero-order valence-electron chi connectivity index (χ0n) is 22.2. The fourth-order valence-electron chi connectivity index (χ4n) is 4.43. The lowest BCUT2D eigenvalue weighted by atomic mass is 9.92. The van der Waals surface area contributed by atoms with Crippen LogP contribution in [-0.4, -0.2) is 50.6 Å². The van der Waals surface area contributed by atoms with Crippen molar-refractivity contribution in [1.29, 1.82) is 0 Å². The van der Waals surface area contributed by atoms with Crippen LogP contribution in [0, 0.1) is 5.82 Å². The minimum Gasteiger partial charge on any atom is -0.444 e. The summed E-state index contributed by atoms with van der Waals surface area (Å²) >= 11 is 0. The van der Waals surface area contributed by atoms with Crippen molar-refractivity contribution < 1.29 is 23.5 Å². The fourth-order valence-corrected chi connectivity index (χ4v) is 4.43. The van der Waals surface area contributed by atoms with Crippen molar-refractivity contribution in [2.45, 2.75) is 64.1 Å². The smallest absolute Gasteiger partial charge is 0.408 e. The van der Waals surface area contributed by atoms with E-state index in [2.05, 4.69) is 20.7 Å². The lowest BCUT2D eigenvalue weighted by molar-refractivity contribution is -0.139. The molecule has 0 spiro atoms. The Hall–Kier alpha value is -4.34. The number of hydrogen-bond donors (Lipinski definition) is 2. The molecule has 0 radical (unpaired) electrons. The molecule has 1 aliphatic rings. The molecule has 3 aromatic rings. The van der Waals surface area contributed by atoms with Gasteiger partial charge in [0.1, 0.15) is 23.8 Å². The Labute approximate surface area is 226 Å². The fraction of sp³-hybridized carbons (Fsp3) is 0.345. The van der Waals surface area contributed by atoms with E-state index in [1.165, 1.54) is 35.6 Å². The van der Waals surface area contributed by atoms with Crippen LogP contribution in [0.5, 0.6) is 0 Å². The number of hydrogen-bond acceptors (Lipinski definition) is 6. The van der Waals surface area contributed by atoms with Gasteiger partial charge in [-0.05, 0) is 75.4 Å². The van der Waals surface area contributed by atoms with E-state index in [0.29, 0.717) is 19.3 Å². The Kier molecular flexibility index (Phi) is 8.53. The van der Waals surface area contributed by atoms with E-state index in [9.17, 15) is 18.8 Å². The molecular formula is C29H32FN5O4. The summed E-state index contributed by atoms with van der Waals surface area (Å²) in [5.41, 5.74) is 4.74. The Morgan fingerprint density at radius 2 is 1.82 bits per heavy atom. The molecule has 0 bridgehead atoms. The largest absolute Gasteiger partial charge is 0.444 e. The molecule has 1 aromatic heterocycles. The Bertz CT molecular complexity index is 1310.